The van der Waals surface area contributed by atoms with E-state index in [4.69, 9.17) is 0 Å². The van der Waals surface area contributed by atoms with Gasteiger partial charge in [-0.3, -0.25) is 9.36 Å². The number of anilines is 1. The highest BCUT2D eigenvalue weighted by molar-refractivity contribution is 7.98. The van der Waals surface area contributed by atoms with Gasteiger partial charge in [0.05, 0.1) is 11.9 Å². The van der Waals surface area contributed by atoms with Crippen molar-refractivity contribution >= 4 is 23.4 Å². The van der Waals surface area contributed by atoms with Crippen molar-refractivity contribution in [2.45, 2.75) is 5.16 Å². The molecule has 0 aliphatic heterocycles. The SMILES string of the molecule is CSc1ncc(C(=O)Nc2ccc(F)cc2F)n1-c1ccc(F)cc1. The molecule has 3 rings (SSSR count). The predicted molar refractivity (Wildman–Crippen MR) is 89.6 cm³/mol. The minimum Gasteiger partial charge on any atom is -0.318 e. The summed E-state index contributed by atoms with van der Waals surface area (Å²) >= 11 is 1.30. The quantitative estimate of drug-likeness (QED) is 0.705. The van der Waals surface area contributed by atoms with Crippen molar-refractivity contribution in [3.8, 4) is 5.69 Å². The van der Waals surface area contributed by atoms with Gasteiger partial charge in [0.25, 0.3) is 5.91 Å². The number of imidazole rings is 1. The summed E-state index contributed by atoms with van der Waals surface area (Å²) in [4.78, 5) is 16.7. The molecule has 8 heteroatoms. The van der Waals surface area contributed by atoms with Crippen LogP contribution in [0.4, 0.5) is 18.9 Å². The number of carbonyl (C=O) groups excluding carboxylic acids is 1. The Morgan fingerprint density at radius 3 is 2.40 bits per heavy atom. The standard InChI is InChI=1S/C17H12F3N3OS/c1-25-17-21-9-15(23(17)12-5-2-10(18)3-6-12)16(24)22-14-7-4-11(19)8-13(14)20/h2-9H,1H3,(H,22,24). The Morgan fingerprint density at radius 1 is 1.08 bits per heavy atom. The highest BCUT2D eigenvalue weighted by Crippen LogP contribution is 2.23. The van der Waals surface area contributed by atoms with Gasteiger partial charge in [0.2, 0.25) is 0 Å². The number of carbonyl (C=O) groups is 1. The van der Waals surface area contributed by atoms with Gasteiger partial charge in [0.1, 0.15) is 23.1 Å². The van der Waals surface area contributed by atoms with E-state index in [2.05, 4.69) is 10.3 Å². The van der Waals surface area contributed by atoms with E-state index in [0.29, 0.717) is 16.9 Å². The fraction of sp³-hybridized carbons (Fsp3) is 0.0588. The van der Waals surface area contributed by atoms with E-state index in [1.165, 1.54) is 46.8 Å². The van der Waals surface area contributed by atoms with Crippen molar-refractivity contribution in [3.05, 3.63) is 71.8 Å². The van der Waals surface area contributed by atoms with Gasteiger partial charge in [-0.25, -0.2) is 18.2 Å². The first-order chi connectivity index (χ1) is 12.0. The second-order valence-electron chi connectivity index (χ2n) is 5.02. The third-order valence-electron chi connectivity index (χ3n) is 3.41. The summed E-state index contributed by atoms with van der Waals surface area (Å²) in [5.41, 5.74) is 0.525. The monoisotopic (exact) mass is 363 g/mol. The molecule has 1 N–H and O–H groups in total. The van der Waals surface area contributed by atoms with Crippen LogP contribution in [-0.4, -0.2) is 21.7 Å². The normalized spacial score (nSPS) is 10.7. The molecule has 1 aromatic heterocycles. The van der Waals surface area contributed by atoms with Gasteiger partial charge in [-0.2, -0.15) is 0 Å². The van der Waals surface area contributed by atoms with Crippen molar-refractivity contribution in [1.29, 1.82) is 0 Å². The second kappa shape index (κ2) is 7.02. The number of hydrogen-bond donors (Lipinski definition) is 1. The molecule has 0 bridgehead atoms. The molecule has 0 aliphatic rings. The lowest BCUT2D eigenvalue weighted by atomic mass is 10.2. The molecule has 3 aromatic rings. The van der Waals surface area contributed by atoms with E-state index in [0.717, 1.165) is 12.1 Å². The highest BCUT2D eigenvalue weighted by Gasteiger charge is 2.19. The van der Waals surface area contributed by atoms with E-state index in [1.54, 1.807) is 6.26 Å². The Kier molecular flexibility index (Phi) is 4.80. The van der Waals surface area contributed by atoms with Gasteiger partial charge in [0, 0.05) is 11.8 Å². The number of nitrogens with zero attached hydrogens (tertiary/aromatic N) is 2. The van der Waals surface area contributed by atoms with Gasteiger partial charge >= 0.3 is 0 Å². The minimum atomic E-state index is -0.883. The summed E-state index contributed by atoms with van der Waals surface area (Å²) in [6.45, 7) is 0. The van der Waals surface area contributed by atoms with Crippen LogP contribution in [0.5, 0.6) is 0 Å². The fourth-order valence-electron chi connectivity index (χ4n) is 2.26. The topological polar surface area (TPSA) is 46.9 Å². The molecule has 1 amide bonds. The zero-order valence-corrected chi connectivity index (χ0v) is 13.8. The summed E-state index contributed by atoms with van der Waals surface area (Å²) in [5.74, 6) is -2.65. The number of amides is 1. The summed E-state index contributed by atoms with van der Waals surface area (Å²) < 4.78 is 41.4. The van der Waals surface area contributed by atoms with Crippen molar-refractivity contribution in [2.75, 3.05) is 11.6 Å². The maximum atomic E-state index is 13.7. The molecular weight excluding hydrogens is 351 g/mol. The van der Waals surface area contributed by atoms with Crippen LogP contribution in [0.3, 0.4) is 0 Å². The van der Waals surface area contributed by atoms with Crippen molar-refractivity contribution < 1.29 is 18.0 Å². The molecule has 0 fully saturated rings. The van der Waals surface area contributed by atoms with Crippen LogP contribution in [0.1, 0.15) is 10.5 Å². The molecule has 0 unspecified atom stereocenters. The second-order valence-corrected chi connectivity index (χ2v) is 5.79. The van der Waals surface area contributed by atoms with E-state index in [1.807, 2.05) is 0 Å². The molecule has 0 atom stereocenters. The van der Waals surface area contributed by atoms with E-state index < -0.39 is 23.4 Å². The Morgan fingerprint density at radius 2 is 1.76 bits per heavy atom. The van der Waals surface area contributed by atoms with Crippen molar-refractivity contribution in [1.82, 2.24) is 9.55 Å². The van der Waals surface area contributed by atoms with E-state index >= 15 is 0 Å². The molecule has 1 heterocycles. The predicted octanol–water partition coefficient (Wildman–Crippen LogP) is 4.26. The van der Waals surface area contributed by atoms with Crippen molar-refractivity contribution in [2.24, 2.45) is 0 Å². The lowest BCUT2D eigenvalue weighted by molar-refractivity contribution is 0.101. The van der Waals surface area contributed by atoms with E-state index in [9.17, 15) is 18.0 Å². The minimum absolute atomic E-state index is 0.139. The number of hydrogen-bond acceptors (Lipinski definition) is 3. The number of halogens is 3. The Hall–Kier alpha value is -2.74. The largest absolute Gasteiger partial charge is 0.318 e. The average Bonchev–Trinajstić information content (AvgIpc) is 3.02. The number of thioether (sulfide) groups is 1. The van der Waals surface area contributed by atoms with Crippen LogP contribution in [0.15, 0.2) is 53.8 Å². The molecule has 0 spiro atoms. The molecule has 0 aliphatic carbocycles. The molecule has 0 saturated heterocycles. The molecule has 128 valence electrons. The summed E-state index contributed by atoms with van der Waals surface area (Å²) in [7, 11) is 0. The Bertz CT molecular complexity index is 925. The lowest BCUT2D eigenvalue weighted by Gasteiger charge is -2.11. The Balaban J connectivity index is 1.98. The van der Waals surface area contributed by atoms with Crippen LogP contribution in [0.2, 0.25) is 0 Å². The fourth-order valence-corrected chi connectivity index (χ4v) is 2.80. The first kappa shape index (κ1) is 17.1. The molecular formula is C17H12F3N3OS. The van der Waals surface area contributed by atoms with Gasteiger partial charge in [-0.1, -0.05) is 11.8 Å². The number of rotatable bonds is 4. The maximum absolute atomic E-state index is 13.7. The first-order valence-electron chi connectivity index (χ1n) is 7.13. The third kappa shape index (κ3) is 3.53. The number of nitrogens with one attached hydrogen (secondary N) is 1. The first-order valence-corrected chi connectivity index (χ1v) is 8.36. The average molecular weight is 363 g/mol. The summed E-state index contributed by atoms with van der Waals surface area (Å²) in [6.07, 6.45) is 3.12. The van der Waals surface area contributed by atoms with E-state index in [-0.39, 0.29) is 11.4 Å². The van der Waals surface area contributed by atoms with Crippen LogP contribution in [0.25, 0.3) is 5.69 Å². The molecule has 25 heavy (non-hydrogen) atoms. The molecule has 0 saturated carbocycles. The number of aromatic nitrogens is 2. The van der Waals surface area contributed by atoms with Crippen LogP contribution in [-0.2, 0) is 0 Å². The highest BCUT2D eigenvalue weighted by atomic mass is 32.2. The van der Waals surface area contributed by atoms with Gasteiger partial charge < -0.3 is 5.32 Å². The van der Waals surface area contributed by atoms with Crippen molar-refractivity contribution in [3.63, 3.8) is 0 Å². The van der Waals surface area contributed by atoms with Gasteiger partial charge in [0.15, 0.2) is 5.16 Å². The van der Waals surface area contributed by atoms with Crippen LogP contribution in [0, 0.1) is 17.5 Å². The van der Waals surface area contributed by atoms with Crippen LogP contribution < -0.4 is 5.32 Å². The molecule has 2 aromatic carbocycles. The third-order valence-corrected chi connectivity index (χ3v) is 4.06. The molecule has 0 radical (unpaired) electrons. The molecule has 4 nitrogen and oxygen atoms in total. The summed E-state index contributed by atoms with van der Waals surface area (Å²) in [5, 5.41) is 2.90. The van der Waals surface area contributed by atoms with Gasteiger partial charge in [-0.05, 0) is 42.7 Å². The zero-order chi connectivity index (χ0) is 18.0. The summed E-state index contributed by atoms with van der Waals surface area (Å²) in [6, 6.07) is 8.40. The zero-order valence-electron chi connectivity index (χ0n) is 13.0. The Labute approximate surface area is 145 Å². The van der Waals surface area contributed by atoms with Crippen LogP contribution >= 0.6 is 11.8 Å². The maximum Gasteiger partial charge on any atom is 0.274 e. The lowest BCUT2D eigenvalue weighted by Crippen LogP contribution is -2.17. The van der Waals surface area contributed by atoms with Gasteiger partial charge in [-0.15, -0.1) is 0 Å². The number of benzene rings is 2. The smallest absolute Gasteiger partial charge is 0.274 e.